The molecule has 220 valence electrons. The molecule has 8 heteroatoms. The van der Waals surface area contributed by atoms with Crippen LogP contribution in [0.15, 0.2) is 71.6 Å². The Bertz CT molecular complexity index is 1470. The van der Waals surface area contributed by atoms with Crippen molar-refractivity contribution in [3.63, 3.8) is 0 Å². The summed E-state index contributed by atoms with van der Waals surface area (Å²) in [5.41, 5.74) is 4.86. The third kappa shape index (κ3) is 7.97. The van der Waals surface area contributed by atoms with Crippen LogP contribution >= 0.6 is 0 Å². The van der Waals surface area contributed by atoms with Gasteiger partial charge in [-0.15, -0.1) is 0 Å². The summed E-state index contributed by atoms with van der Waals surface area (Å²) >= 11 is 0. The predicted molar refractivity (Wildman–Crippen MR) is 165 cm³/mol. The zero-order valence-electron chi connectivity index (χ0n) is 25.3. The van der Waals surface area contributed by atoms with E-state index in [0.29, 0.717) is 18.7 Å². The van der Waals surface area contributed by atoms with Crippen molar-refractivity contribution in [1.29, 1.82) is 0 Å². The van der Waals surface area contributed by atoms with E-state index in [1.807, 2.05) is 84.9 Å². The third-order valence-corrected chi connectivity index (χ3v) is 8.97. The highest BCUT2D eigenvalue weighted by atomic mass is 32.2. The van der Waals surface area contributed by atoms with Crippen LogP contribution in [-0.4, -0.2) is 44.3 Å². The standard InChI is InChI=1S/C33H43N3O4S/c1-8-30(33(38)34-20-23(2)3)35(21-28-12-10-9-11-26(28)6)32(37)22-36(31-19-25(5)13-16-27(31)7)41(39,40)29-17-14-24(4)15-18-29/h9-19,23,30H,8,20-22H2,1-7H3,(H,34,38)/t30-/m1/s1. The number of anilines is 1. The molecule has 3 aromatic rings. The Morgan fingerprint density at radius 1 is 0.854 bits per heavy atom. The van der Waals surface area contributed by atoms with E-state index in [0.717, 1.165) is 27.8 Å². The van der Waals surface area contributed by atoms with Crippen molar-refractivity contribution in [2.24, 2.45) is 5.92 Å². The van der Waals surface area contributed by atoms with E-state index in [2.05, 4.69) is 5.32 Å². The van der Waals surface area contributed by atoms with Gasteiger partial charge in [0.1, 0.15) is 12.6 Å². The lowest BCUT2D eigenvalue weighted by molar-refractivity contribution is -0.140. The third-order valence-electron chi connectivity index (χ3n) is 7.19. The van der Waals surface area contributed by atoms with Crippen LogP contribution in [0.1, 0.15) is 55.0 Å². The van der Waals surface area contributed by atoms with Gasteiger partial charge in [-0.05, 0) is 80.5 Å². The Morgan fingerprint density at radius 2 is 1.49 bits per heavy atom. The minimum absolute atomic E-state index is 0.101. The van der Waals surface area contributed by atoms with Crippen molar-refractivity contribution < 1.29 is 18.0 Å². The van der Waals surface area contributed by atoms with Crippen molar-refractivity contribution >= 4 is 27.5 Å². The van der Waals surface area contributed by atoms with Gasteiger partial charge in [0.25, 0.3) is 10.0 Å². The molecular weight excluding hydrogens is 534 g/mol. The number of hydrogen-bond acceptors (Lipinski definition) is 4. The molecule has 1 atom stereocenters. The van der Waals surface area contributed by atoms with Crippen molar-refractivity contribution in [1.82, 2.24) is 10.2 Å². The van der Waals surface area contributed by atoms with Gasteiger partial charge in [0.2, 0.25) is 11.8 Å². The first-order chi connectivity index (χ1) is 19.3. The van der Waals surface area contributed by atoms with Gasteiger partial charge < -0.3 is 10.2 Å². The van der Waals surface area contributed by atoms with Gasteiger partial charge >= 0.3 is 0 Å². The van der Waals surface area contributed by atoms with E-state index in [1.54, 1.807) is 30.3 Å². The molecule has 0 spiro atoms. The highest BCUT2D eigenvalue weighted by molar-refractivity contribution is 7.92. The molecule has 0 bridgehead atoms. The molecule has 3 rings (SSSR count). The average molecular weight is 578 g/mol. The van der Waals surface area contributed by atoms with Gasteiger partial charge in [0.05, 0.1) is 10.6 Å². The normalized spacial score (nSPS) is 12.2. The number of sulfonamides is 1. The van der Waals surface area contributed by atoms with Crippen molar-refractivity contribution in [2.75, 3.05) is 17.4 Å². The van der Waals surface area contributed by atoms with Crippen LogP contribution in [0.5, 0.6) is 0 Å². The fraction of sp³-hybridized carbons (Fsp3) is 0.394. The van der Waals surface area contributed by atoms with E-state index >= 15 is 0 Å². The SMILES string of the molecule is CC[C@H](C(=O)NCC(C)C)N(Cc1ccccc1C)C(=O)CN(c1cc(C)ccc1C)S(=O)(=O)c1ccc(C)cc1. The van der Waals surface area contributed by atoms with Crippen molar-refractivity contribution in [2.45, 2.75) is 72.4 Å². The Balaban J connectivity index is 2.10. The molecule has 0 radical (unpaired) electrons. The Morgan fingerprint density at radius 3 is 2.10 bits per heavy atom. The molecule has 1 N–H and O–H groups in total. The molecule has 3 aromatic carbocycles. The molecule has 0 aliphatic heterocycles. The maximum atomic E-state index is 14.3. The lowest BCUT2D eigenvalue weighted by atomic mass is 10.1. The van der Waals surface area contributed by atoms with E-state index in [4.69, 9.17) is 0 Å². The number of rotatable bonds is 12. The van der Waals surface area contributed by atoms with Crippen LogP contribution in [0.2, 0.25) is 0 Å². The number of carbonyl (C=O) groups is 2. The minimum atomic E-state index is -4.11. The summed E-state index contributed by atoms with van der Waals surface area (Å²) in [5, 5.41) is 2.97. The van der Waals surface area contributed by atoms with Crippen molar-refractivity contribution in [3.8, 4) is 0 Å². The highest BCUT2D eigenvalue weighted by Gasteiger charge is 2.34. The van der Waals surface area contributed by atoms with Crippen LogP contribution in [0, 0.1) is 33.6 Å². The number of nitrogens with zero attached hydrogens (tertiary/aromatic N) is 2. The Hall–Kier alpha value is -3.65. The fourth-order valence-electron chi connectivity index (χ4n) is 4.65. The number of aryl methyl sites for hydroxylation is 4. The largest absolute Gasteiger partial charge is 0.354 e. The molecule has 2 amide bonds. The highest BCUT2D eigenvalue weighted by Crippen LogP contribution is 2.29. The maximum absolute atomic E-state index is 14.3. The summed E-state index contributed by atoms with van der Waals surface area (Å²) in [6, 6.07) is 19.1. The summed E-state index contributed by atoms with van der Waals surface area (Å²) in [5.74, 6) is -0.449. The molecular formula is C33H43N3O4S. The molecule has 0 saturated carbocycles. The van der Waals surface area contributed by atoms with Gasteiger partial charge in [-0.2, -0.15) is 0 Å². The number of nitrogens with one attached hydrogen (secondary N) is 1. The number of benzene rings is 3. The van der Waals surface area contributed by atoms with Gasteiger partial charge in [0.15, 0.2) is 0 Å². The van der Waals surface area contributed by atoms with E-state index in [1.165, 1.54) is 9.21 Å². The van der Waals surface area contributed by atoms with Gasteiger partial charge in [0, 0.05) is 13.1 Å². The van der Waals surface area contributed by atoms with Crippen molar-refractivity contribution in [3.05, 3.63) is 94.5 Å². The zero-order valence-corrected chi connectivity index (χ0v) is 26.1. The van der Waals surface area contributed by atoms with Gasteiger partial charge in [-0.3, -0.25) is 13.9 Å². The fourth-order valence-corrected chi connectivity index (χ4v) is 6.12. The van der Waals surface area contributed by atoms with Crippen LogP contribution in [0.3, 0.4) is 0 Å². The second-order valence-electron chi connectivity index (χ2n) is 11.1. The molecule has 0 unspecified atom stereocenters. The summed E-state index contributed by atoms with van der Waals surface area (Å²) in [7, 11) is -4.11. The van der Waals surface area contributed by atoms with Gasteiger partial charge in [-0.1, -0.05) is 74.9 Å². The maximum Gasteiger partial charge on any atom is 0.264 e. The number of carbonyl (C=O) groups excluding carboxylic acids is 2. The van der Waals surface area contributed by atoms with E-state index in [-0.39, 0.29) is 23.3 Å². The molecule has 0 aliphatic rings. The van der Waals surface area contributed by atoms with E-state index < -0.39 is 28.5 Å². The molecule has 0 fully saturated rings. The Labute approximate surface area is 245 Å². The lowest BCUT2D eigenvalue weighted by Gasteiger charge is -2.34. The van der Waals surface area contributed by atoms with E-state index in [9.17, 15) is 18.0 Å². The summed E-state index contributed by atoms with van der Waals surface area (Å²) in [6.45, 7) is 13.7. The van der Waals surface area contributed by atoms with Gasteiger partial charge in [-0.25, -0.2) is 8.42 Å². The summed E-state index contributed by atoms with van der Waals surface area (Å²) in [6.07, 6.45) is 0.385. The monoisotopic (exact) mass is 577 g/mol. The molecule has 0 aromatic heterocycles. The first-order valence-electron chi connectivity index (χ1n) is 14.1. The minimum Gasteiger partial charge on any atom is -0.354 e. The molecule has 41 heavy (non-hydrogen) atoms. The van der Waals surface area contributed by atoms with Crippen LogP contribution < -0.4 is 9.62 Å². The predicted octanol–water partition coefficient (Wildman–Crippen LogP) is 5.70. The molecule has 0 saturated heterocycles. The topological polar surface area (TPSA) is 86.8 Å². The zero-order chi connectivity index (χ0) is 30.3. The van der Waals surface area contributed by atoms with Crippen LogP contribution in [-0.2, 0) is 26.2 Å². The number of hydrogen-bond donors (Lipinski definition) is 1. The van der Waals surface area contributed by atoms with Crippen LogP contribution in [0.25, 0.3) is 0 Å². The lowest BCUT2D eigenvalue weighted by Crippen LogP contribution is -2.52. The first-order valence-corrected chi connectivity index (χ1v) is 15.6. The van der Waals surface area contributed by atoms with Crippen LogP contribution in [0.4, 0.5) is 5.69 Å². The number of amides is 2. The summed E-state index contributed by atoms with van der Waals surface area (Å²) in [4.78, 5) is 29.3. The average Bonchev–Trinajstić information content (AvgIpc) is 2.93. The molecule has 0 heterocycles. The molecule has 7 nitrogen and oxygen atoms in total. The summed E-state index contributed by atoms with van der Waals surface area (Å²) < 4.78 is 29.4. The second kappa shape index (κ2) is 13.8. The smallest absolute Gasteiger partial charge is 0.264 e. The quantitative estimate of drug-likeness (QED) is 0.299. The Kier molecular flexibility index (Phi) is 10.7. The molecule has 0 aliphatic carbocycles. The second-order valence-corrected chi connectivity index (χ2v) is 13.0. The first kappa shape index (κ1) is 31.9.